The lowest BCUT2D eigenvalue weighted by Gasteiger charge is -2.39. The Morgan fingerprint density at radius 1 is 1.45 bits per heavy atom. The van der Waals surface area contributed by atoms with Gasteiger partial charge in [-0.25, -0.2) is 4.98 Å². The first kappa shape index (κ1) is 13.6. The molecule has 1 saturated heterocycles. The summed E-state index contributed by atoms with van der Waals surface area (Å²) in [6.45, 7) is 4.19. The maximum atomic E-state index is 12.8. The van der Waals surface area contributed by atoms with E-state index < -0.39 is 11.7 Å². The predicted molar refractivity (Wildman–Crippen MR) is 67.5 cm³/mol. The van der Waals surface area contributed by atoms with Gasteiger partial charge in [-0.1, -0.05) is 0 Å². The molecule has 1 fully saturated rings. The standard InChI is InChI=1S/C13H16F3N3O/c1-8-5-19-11(4-17-8)7-20-6-9-2-10(13(14,15)16)3-18-12(9)19/h2-3,8,11,17H,4-7H2,1H3/t8-,11+/m0/s1. The van der Waals surface area contributed by atoms with Gasteiger partial charge >= 0.3 is 6.18 Å². The molecule has 20 heavy (non-hydrogen) atoms. The van der Waals surface area contributed by atoms with E-state index in [4.69, 9.17) is 4.74 Å². The highest BCUT2D eigenvalue weighted by Crippen LogP contribution is 2.33. The van der Waals surface area contributed by atoms with Crippen LogP contribution in [-0.2, 0) is 17.5 Å². The van der Waals surface area contributed by atoms with E-state index in [1.807, 2.05) is 6.92 Å². The third-order valence-electron chi connectivity index (χ3n) is 3.72. The lowest BCUT2D eigenvalue weighted by molar-refractivity contribution is -0.137. The van der Waals surface area contributed by atoms with Gasteiger partial charge in [0, 0.05) is 30.9 Å². The van der Waals surface area contributed by atoms with E-state index >= 15 is 0 Å². The zero-order chi connectivity index (χ0) is 14.3. The van der Waals surface area contributed by atoms with Gasteiger partial charge in [0.05, 0.1) is 24.8 Å². The molecular weight excluding hydrogens is 271 g/mol. The molecule has 0 spiro atoms. The first-order chi connectivity index (χ1) is 9.45. The minimum atomic E-state index is -4.37. The van der Waals surface area contributed by atoms with Crippen molar-refractivity contribution in [1.82, 2.24) is 10.3 Å². The predicted octanol–water partition coefficient (Wildman–Crippen LogP) is 1.80. The number of rotatable bonds is 0. The van der Waals surface area contributed by atoms with E-state index in [0.29, 0.717) is 18.0 Å². The van der Waals surface area contributed by atoms with E-state index in [1.165, 1.54) is 0 Å². The molecule has 0 saturated carbocycles. The molecule has 2 aliphatic rings. The monoisotopic (exact) mass is 287 g/mol. The van der Waals surface area contributed by atoms with Gasteiger partial charge < -0.3 is 15.0 Å². The molecule has 1 N–H and O–H groups in total. The number of piperazine rings is 1. The van der Waals surface area contributed by atoms with Gasteiger partial charge in [-0.3, -0.25) is 0 Å². The summed E-state index contributed by atoms with van der Waals surface area (Å²) in [7, 11) is 0. The van der Waals surface area contributed by atoms with Crippen LogP contribution in [0.25, 0.3) is 0 Å². The summed E-state index contributed by atoms with van der Waals surface area (Å²) in [5.74, 6) is 0.619. The Labute approximate surface area is 114 Å². The lowest BCUT2D eigenvalue weighted by atomic mass is 10.1. The third kappa shape index (κ3) is 2.47. The van der Waals surface area contributed by atoms with E-state index in [1.54, 1.807) is 0 Å². The van der Waals surface area contributed by atoms with Crippen molar-refractivity contribution in [3.05, 3.63) is 23.4 Å². The van der Waals surface area contributed by atoms with Crippen molar-refractivity contribution in [3.8, 4) is 0 Å². The minimum absolute atomic E-state index is 0.122. The van der Waals surface area contributed by atoms with Crippen LogP contribution in [0.4, 0.5) is 19.0 Å². The van der Waals surface area contributed by atoms with Gasteiger partial charge in [0.1, 0.15) is 5.82 Å². The average molecular weight is 287 g/mol. The number of hydrogen-bond donors (Lipinski definition) is 1. The summed E-state index contributed by atoms with van der Waals surface area (Å²) in [6, 6.07) is 1.55. The van der Waals surface area contributed by atoms with Gasteiger partial charge in [-0.15, -0.1) is 0 Å². The van der Waals surface area contributed by atoms with Gasteiger partial charge in [-0.2, -0.15) is 13.2 Å². The molecule has 110 valence electrons. The number of ether oxygens (including phenoxy) is 1. The number of pyridine rings is 1. The molecule has 0 radical (unpaired) electrons. The number of alkyl halides is 3. The normalized spacial score (nSPS) is 26.7. The molecule has 1 aromatic rings. The molecule has 0 unspecified atom stereocenters. The number of anilines is 1. The Kier molecular flexibility index (Phi) is 3.33. The molecule has 4 nitrogen and oxygen atoms in total. The molecule has 3 rings (SSSR count). The van der Waals surface area contributed by atoms with E-state index in [-0.39, 0.29) is 18.7 Å². The van der Waals surface area contributed by atoms with Crippen LogP contribution in [0.15, 0.2) is 12.3 Å². The van der Waals surface area contributed by atoms with Gasteiger partial charge in [-0.05, 0) is 13.0 Å². The molecule has 2 aliphatic heterocycles. The summed E-state index contributed by atoms with van der Waals surface area (Å²) in [4.78, 5) is 6.12. The summed E-state index contributed by atoms with van der Waals surface area (Å²) >= 11 is 0. The number of halogens is 3. The van der Waals surface area contributed by atoms with E-state index in [0.717, 1.165) is 25.4 Å². The fourth-order valence-corrected chi connectivity index (χ4v) is 2.69. The molecule has 0 aromatic carbocycles. The van der Waals surface area contributed by atoms with Crippen LogP contribution in [0, 0.1) is 0 Å². The second-order valence-corrected chi connectivity index (χ2v) is 5.34. The number of nitrogens with zero attached hydrogens (tertiary/aromatic N) is 2. The van der Waals surface area contributed by atoms with Crippen LogP contribution in [0.1, 0.15) is 18.1 Å². The first-order valence-electron chi connectivity index (χ1n) is 6.59. The summed E-state index contributed by atoms with van der Waals surface area (Å²) in [5.41, 5.74) is -0.210. The van der Waals surface area contributed by atoms with Gasteiger partial charge in [0.2, 0.25) is 0 Å². The fraction of sp³-hybridized carbons (Fsp3) is 0.615. The molecule has 0 aliphatic carbocycles. The van der Waals surface area contributed by atoms with Crippen LogP contribution in [0.5, 0.6) is 0 Å². The highest BCUT2D eigenvalue weighted by atomic mass is 19.4. The number of hydrogen-bond acceptors (Lipinski definition) is 4. The fourth-order valence-electron chi connectivity index (χ4n) is 2.69. The average Bonchev–Trinajstić information content (AvgIpc) is 2.56. The number of aromatic nitrogens is 1. The van der Waals surface area contributed by atoms with Crippen molar-refractivity contribution in [1.29, 1.82) is 0 Å². The number of fused-ring (bicyclic) bond motifs is 3. The highest BCUT2D eigenvalue weighted by Gasteiger charge is 2.35. The molecule has 2 atom stereocenters. The van der Waals surface area contributed by atoms with Crippen LogP contribution in [0.2, 0.25) is 0 Å². The molecule has 7 heteroatoms. The third-order valence-corrected chi connectivity index (χ3v) is 3.72. The van der Waals surface area contributed by atoms with Crippen LogP contribution < -0.4 is 10.2 Å². The van der Waals surface area contributed by atoms with E-state index in [2.05, 4.69) is 15.2 Å². The minimum Gasteiger partial charge on any atom is -0.374 e. The Hall–Kier alpha value is -1.34. The maximum absolute atomic E-state index is 12.8. The number of nitrogens with one attached hydrogen (secondary N) is 1. The molecular formula is C13H16F3N3O. The Morgan fingerprint density at radius 2 is 2.25 bits per heavy atom. The largest absolute Gasteiger partial charge is 0.417 e. The summed E-state index contributed by atoms with van der Waals surface area (Å²) in [6.07, 6.45) is -3.46. The van der Waals surface area contributed by atoms with Crippen molar-refractivity contribution >= 4 is 5.82 Å². The SMILES string of the molecule is C[C@H]1CN2c3ncc(C(F)(F)F)cc3COC[C@H]2CN1. The maximum Gasteiger partial charge on any atom is 0.417 e. The van der Waals surface area contributed by atoms with Crippen LogP contribution in [0.3, 0.4) is 0 Å². The zero-order valence-electron chi connectivity index (χ0n) is 11.1. The van der Waals surface area contributed by atoms with Crippen molar-refractivity contribution in [2.24, 2.45) is 0 Å². The van der Waals surface area contributed by atoms with Crippen molar-refractivity contribution in [2.45, 2.75) is 31.8 Å². The zero-order valence-corrected chi connectivity index (χ0v) is 11.1. The smallest absolute Gasteiger partial charge is 0.374 e. The Balaban J connectivity index is 1.98. The second-order valence-electron chi connectivity index (χ2n) is 5.34. The summed E-state index contributed by atoms with van der Waals surface area (Å²) in [5, 5.41) is 3.35. The molecule has 0 bridgehead atoms. The quantitative estimate of drug-likeness (QED) is 0.789. The Bertz CT molecular complexity index is 506. The van der Waals surface area contributed by atoms with Crippen molar-refractivity contribution in [3.63, 3.8) is 0 Å². The van der Waals surface area contributed by atoms with Gasteiger partial charge in [0.15, 0.2) is 0 Å². The molecule has 3 heterocycles. The van der Waals surface area contributed by atoms with Crippen LogP contribution in [-0.4, -0.2) is 36.8 Å². The first-order valence-corrected chi connectivity index (χ1v) is 6.59. The van der Waals surface area contributed by atoms with E-state index in [9.17, 15) is 13.2 Å². The topological polar surface area (TPSA) is 37.4 Å². The second kappa shape index (κ2) is 4.89. The molecule has 0 amide bonds. The highest BCUT2D eigenvalue weighted by molar-refractivity contribution is 5.50. The Morgan fingerprint density at radius 3 is 3.00 bits per heavy atom. The van der Waals surface area contributed by atoms with Gasteiger partial charge in [0.25, 0.3) is 0 Å². The van der Waals surface area contributed by atoms with Crippen molar-refractivity contribution in [2.75, 3.05) is 24.6 Å². The lowest BCUT2D eigenvalue weighted by Crippen LogP contribution is -2.57. The van der Waals surface area contributed by atoms with Crippen LogP contribution >= 0.6 is 0 Å². The summed E-state index contributed by atoms with van der Waals surface area (Å²) < 4.78 is 43.8. The van der Waals surface area contributed by atoms with Crippen molar-refractivity contribution < 1.29 is 17.9 Å². The molecule has 1 aromatic heterocycles.